The van der Waals surface area contributed by atoms with Crippen molar-refractivity contribution in [3.8, 4) is 0 Å². The predicted octanol–water partition coefficient (Wildman–Crippen LogP) is 0.550. The maximum absolute atomic E-state index is 9.66. The third-order valence-corrected chi connectivity index (χ3v) is 4.08. The van der Waals surface area contributed by atoms with E-state index in [4.69, 9.17) is 0 Å². The van der Waals surface area contributed by atoms with Gasteiger partial charge in [0.1, 0.15) is 0 Å². The molecule has 2 N–H and O–H groups in total. The van der Waals surface area contributed by atoms with Crippen molar-refractivity contribution in [3.63, 3.8) is 0 Å². The minimum absolute atomic E-state index is 0.355. The van der Waals surface area contributed by atoms with Crippen molar-refractivity contribution >= 4 is 0 Å². The lowest BCUT2D eigenvalue weighted by molar-refractivity contribution is -0.0447. The van der Waals surface area contributed by atoms with Crippen LogP contribution in [0.2, 0.25) is 0 Å². The molecule has 12 heavy (non-hydrogen) atoms. The Bertz CT molecular complexity index is 236. The summed E-state index contributed by atoms with van der Waals surface area (Å²) in [6.07, 6.45) is 5.73. The molecule has 0 radical (unpaired) electrons. The van der Waals surface area contributed by atoms with Crippen LogP contribution >= 0.6 is 0 Å². The van der Waals surface area contributed by atoms with Crippen molar-refractivity contribution in [1.29, 1.82) is 0 Å². The van der Waals surface area contributed by atoms with Crippen LogP contribution in [0, 0.1) is 23.7 Å². The van der Waals surface area contributed by atoms with E-state index in [1.165, 1.54) is 0 Å². The summed E-state index contributed by atoms with van der Waals surface area (Å²) in [6.45, 7) is 0. The first kappa shape index (κ1) is 7.10. The van der Waals surface area contributed by atoms with Crippen LogP contribution in [-0.2, 0) is 0 Å². The van der Waals surface area contributed by atoms with Gasteiger partial charge in [-0.1, -0.05) is 12.2 Å². The summed E-state index contributed by atoms with van der Waals surface area (Å²) >= 11 is 0. The number of hydrogen-bond donors (Lipinski definition) is 2. The van der Waals surface area contributed by atoms with Crippen molar-refractivity contribution in [3.05, 3.63) is 12.2 Å². The topological polar surface area (TPSA) is 40.5 Å². The van der Waals surface area contributed by atoms with Gasteiger partial charge in [-0.3, -0.25) is 0 Å². The van der Waals surface area contributed by atoms with Gasteiger partial charge in [-0.15, -0.1) is 0 Å². The monoisotopic (exact) mass is 166 g/mol. The van der Waals surface area contributed by atoms with Gasteiger partial charge in [0.15, 0.2) is 0 Å². The van der Waals surface area contributed by atoms with E-state index >= 15 is 0 Å². The molecule has 0 aliphatic heterocycles. The van der Waals surface area contributed by atoms with Gasteiger partial charge in [-0.2, -0.15) is 0 Å². The second-order valence-electron chi connectivity index (χ2n) is 4.45. The molecule has 6 atom stereocenters. The number of rotatable bonds is 0. The average Bonchev–Trinajstić information content (AvgIpc) is 2.63. The van der Waals surface area contributed by atoms with Gasteiger partial charge >= 0.3 is 0 Å². The lowest BCUT2D eigenvalue weighted by Crippen LogP contribution is -2.39. The minimum Gasteiger partial charge on any atom is -0.390 e. The van der Waals surface area contributed by atoms with Crippen LogP contribution in [0.3, 0.4) is 0 Å². The molecule has 3 aliphatic carbocycles. The lowest BCUT2D eigenvalue weighted by Gasteiger charge is -2.32. The molecule has 2 nitrogen and oxygen atoms in total. The Labute approximate surface area is 71.9 Å². The molecule has 0 aromatic rings. The van der Waals surface area contributed by atoms with Crippen LogP contribution in [0.4, 0.5) is 0 Å². The van der Waals surface area contributed by atoms with E-state index < -0.39 is 12.2 Å². The van der Waals surface area contributed by atoms with Gasteiger partial charge < -0.3 is 10.2 Å². The minimum atomic E-state index is -0.445. The number of allylic oxidation sites excluding steroid dienone is 2. The molecular weight excluding hydrogens is 152 g/mol. The van der Waals surface area contributed by atoms with Crippen LogP contribution in [-0.4, -0.2) is 22.4 Å². The van der Waals surface area contributed by atoms with E-state index in [0.29, 0.717) is 23.7 Å². The Morgan fingerprint density at radius 2 is 1.75 bits per heavy atom. The van der Waals surface area contributed by atoms with Gasteiger partial charge in [0.2, 0.25) is 0 Å². The van der Waals surface area contributed by atoms with Crippen LogP contribution in [0.1, 0.15) is 12.8 Å². The first-order valence-electron chi connectivity index (χ1n) is 4.82. The number of hydrogen-bond acceptors (Lipinski definition) is 2. The summed E-state index contributed by atoms with van der Waals surface area (Å²) < 4.78 is 0. The van der Waals surface area contributed by atoms with Gasteiger partial charge in [0.05, 0.1) is 12.2 Å². The first-order chi connectivity index (χ1) is 5.79. The molecule has 0 amide bonds. The molecule has 0 saturated heterocycles. The summed E-state index contributed by atoms with van der Waals surface area (Å²) in [4.78, 5) is 0. The fourth-order valence-electron chi connectivity index (χ4n) is 3.53. The molecule has 0 heterocycles. The zero-order valence-corrected chi connectivity index (χ0v) is 6.93. The average molecular weight is 166 g/mol. The number of fused-ring (bicyclic) bond motifs is 5. The highest BCUT2D eigenvalue weighted by molar-refractivity contribution is 5.16. The maximum atomic E-state index is 9.66. The van der Waals surface area contributed by atoms with E-state index in [1.807, 2.05) is 0 Å². The molecule has 0 aromatic carbocycles. The van der Waals surface area contributed by atoms with Crippen molar-refractivity contribution in [1.82, 2.24) is 0 Å². The van der Waals surface area contributed by atoms with E-state index in [9.17, 15) is 10.2 Å². The van der Waals surface area contributed by atoms with Gasteiger partial charge in [-0.25, -0.2) is 0 Å². The summed E-state index contributed by atoms with van der Waals surface area (Å²) in [5.74, 6) is 1.96. The highest BCUT2D eigenvalue weighted by Gasteiger charge is 2.56. The fourth-order valence-corrected chi connectivity index (χ4v) is 3.53. The van der Waals surface area contributed by atoms with E-state index in [0.717, 1.165) is 12.8 Å². The van der Waals surface area contributed by atoms with Gasteiger partial charge in [0.25, 0.3) is 0 Å². The van der Waals surface area contributed by atoms with Crippen LogP contribution < -0.4 is 0 Å². The second kappa shape index (κ2) is 2.12. The Kier molecular flexibility index (Phi) is 1.25. The quantitative estimate of drug-likeness (QED) is 0.516. The smallest absolute Gasteiger partial charge is 0.0835 e. The molecule has 2 saturated carbocycles. The molecule has 2 unspecified atom stereocenters. The molecule has 2 bridgehead atoms. The Balaban J connectivity index is 1.95. The Hall–Kier alpha value is -0.340. The molecule has 3 aliphatic rings. The predicted molar refractivity (Wildman–Crippen MR) is 44.3 cm³/mol. The number of aliphatic hydroxyl groups is 2. The molecule has 66 valence electrons. The molecule has 0 aromatic heterocycles. The highest BCUT2D eigenvalue weighted by atomic mass is 16.3. The molecule has 0 spiro atoms. The van der Waals surface area contributed by atoms with Crippen molar-refractivity contribution in [2.45, 2.75) is 25.0 Å². The standard InChI is InChI=1S/C10H14O2/c11-9-7-4-8(10(9)12)6-3-1-2-5(6)7/h1-2,5-12H,3-4H2/t5?,6?,7-,8+,9-,10+/m1/s1. The first-order valence-corrected chi connectivity index (χ1v) is 4.82. The van der Waals surface area contributed by atoms with Gasteiger partial charge in [0, 0.05) is 0 Å². The van der Waals surface area contributed by atoms with Crippen molar-refractivity contribution < 1.29 is 10.2 Å². The lowest BCUT2D eigenvalue weighted by atomic mass is 9.78. The second-order valence-corrected chi connectivity index (χ2v) is 4.45. The van der Waals surface area contributed by atoms with Crippen LogP contribution in [0.5, 0.6) is 0 Å². The highest BCUT2D eigenvalue weighted by Crippen LogP contribution is 2.56. The largest absolute Gasteiger partial charge is 0.390 e. The zero-order chi connectivity index (χ0) is 8.29. The molecule has 2 heteroatoms. The van der Waals surface area contributed by atoms with Crippen molar-refractivity contribution in [2.75, 3.05) is 0 Å². The summed E-state index contributed by atoms with van der Waals surface area (Å²) in [7, 11) is 0. The SMILES string of the molecule is O[C@@H]1[C@H](O)[C@@H]2C[C@H]1C1CC=CC12. The Morgan fingerprint density at radius 1 is 1.00 bits per heavy atom. The fraction of sp³-hybridized carbons (Fsp3) is 0.800. The van der Waals surface area contributed by atoms with Crippen LogP contribution in [0.25, 0.3) is 0 Å². The summed E-state index contributed by atoms with van der Waals surface area (Å²) in [5, 5.41) is 19.3. The zero-order valence-electron chi connectivity index (χ0n) is 6.93. The van der Waals surface area contributed by atoms with E-state index in [2.05, 4.69) is 12.2 Å². The number of aliphatic hydroxyl groups excluding tert-OH is 2. The third kappa shape index (κ3) is 0.639. The molecular formula is C10H14O2. The van der Waals surface area contributed by atoms with Crippen LogP contribution in [0.15, 0.2) is 12.2 Å². The third-order valence-electron chi connectivity index (χ3n) is 4.08. The van der Waals surface area contributed by atoms with Crippen molar-refractivity contribution in [2.24, 2.45) is 23.7 Å². The summed E-state index contributed by atoms with van der Waals surface area (Å²) in [5.41, 5.74) is 0. The summed E-state index contributed by atoms with van der Waals surface area (Å²) in [6, 6.07) is 0. The molecule has 2 fully saturated rings. The molecule has 3 rings (SSSR count). The van der Waals surface area contributed by atoms with E-state index in [1.54, 1.807) is 0 Å². The van der Waals surface area contributed by atoms with Gasteiger partial charge in [-0.05, 0) is 36.5 Å². The normalized spacial score (nSPS) is 61.2. The maximum Gasteiger partial charge on any atom is 0.0835 e. The Morgan fingerprint density at radius 3 is 2.58 bits per heavy atom. The van der Waals surface area contributed by atoms with E-state index in [-0.39, 0.29) is 0 Å².